The highest BCUT2D eigenvalue weighted by molar-refractivity contribution is 5.73. The summed E-state index contributed by atoms with van der Waals surface area (Å²) in [4.78, 5) is 18.4. The number of pyridine rings is 1. The fraction of sp³-hybridized carbons (Fsp3) is 0.478. The lowest BCUT2D eigenvalue weighted by molar-refractivity contribution is -0.119. The van der Waals surface area contributed by atoms with Crippen molar-refractivity contribution >= 4 is 17.4 Å². The predicted octanol–water partition coefficient (Wildman–Crippen LogP) is 3.92. The van der Waals surface area contributed by atoms with E-state index >= 15 is 4.39 Å². The Balaban J connectivity index is 1.39. The molecule has 1 aromatic carbocycles. The first kappa shape index (κ1) is 22.2. The summed E-state index contributed by atoms with van der Waals surface area (Å²) in [6.07, 6.45) is 1.76. The lowest BCUT2D eigenvalue weighted by Gasteiger charge is -2.23. The Morgan fingerprint density at radius 2 is 1.97 bits per heavy atom. The second kappa shape index (κ2) is 8.88. The van der Waals surface area contributed by atoms with Gasteiger partial charge >= 0.3 is 0 Å². The van der Waals surface area contributed by atoms with Gasteiger partial charge < -0.3 is 19.9 Å². The zero-order valence-corrected chi connectivity index (χ0v) is 18.2. The largest absolute Gasteiger partial charge is 0.489 e. The van der Waals surface area contributed by atoms with Gasteiger partial charge in [0.1, 0.15) is 11.9 Å². The molecular formula is C23H27F3N4O2. The van der Waals surface area contributed by atoms with E-state index in [1.807, 2.05) is 36.1 Å². The third-order valence-corrected chi connectivity index (χ3v) is 5.91. The van der Waals surface area contributed by atoms with Crippen molar-refractivity contribution in [2.75, 3.05) is 36.0 Å². The molecule has 0 bridgehead atoms. The van der Waals surface area contributed by atoms with Crippen LogP contribution >= 0.6 is 0 Å². The van der Waals surface area contributed by atoms with Crippen LogP contribution in [0.15, 0.2) is 36.5 Å². The highest BCUT2D eigenvalue weighted by Gasteiger charge is 2.40. The summed E-state index contributed by atoms with van der Waals surface area (Å²) in [6, 6.07) is 9.01. The van der Waals surface area contributed by atoms with Crippen molar-refractivity contribution in [1.29, 1.82) is 0 Å². The van der Waals surface area contributed by atoms with Gasteiger partial charge in [0.15, 0.2) is 11.6 Å². The number of halogens is 3. The molecule has 2 saturated heterocycles. The second-order valence-corrected chi connectivity index (χ2v) is 8.46. The number of ether oxygens (including phenoxy) is 1. The Hall–Kier alpha value is -2.97. The molecule has 1 amide bonds. The number of aromatic nitrogens is 1. The highest BCUT2D eigenvalue weighted by Crippen LogP contribution is 2.35. The molecule has 2 atom stereocenters. The molecule has 4 rings (SSSR count). The number of anilines is 2. The van der Waals surface area contributed by atoms with E-state index in [1.54, 1.807) is 6.07 Å². The maximum absolute atomic E-state index is 15.1. The van der Waals surface area contributed by atoms with Crippen LogP contribution in [-0.2, 0) is 4.79 Å². The zero-order valence-electron chi connectivity index (χ0n) is 18.2. The van der Waals surface area contributed by atoms with Gasteiger partial charge in [-0.25, -0.2) is 18.2 Å². The van der Waals surface area contributed by atoms with Crippen LogP contribution in [0, 0.1) is 5.82 Å². The van der Waals surface area contributed by atoms with Gasteiger partial charge in [0.25, 0.3) is 5.92 Å². The predicted molar refractivity (Wildman–Crippen MR) is 116 cm³/mol. The van der Waals surface area contributed by atoms with Gasteiger partial charge in [0.2, 0.25) is 5.91 Å². The van der Waals surface area contributed by atoms with Gasteiger partial charge in [-0.15, -0.1) is 0 Å². The SMILES string of the molecule is CC(=O)N[C@@H](C)c1ccc(O[C@@H]2CCN(c3ccnc(N4CCC(F)(F)C4)c3F)C2)cc1. The van der Waals surface area contributed by atoms with Crippen LogP contribution in [0.1, 0.15) is 38.3 Å². The number of benzene rings is 1. The number of nitrogens with zero attached hydrogens (tertiary/aromatic N) is 3. The molecule has 2 fully saturated rings. The number of amides is 1. The number of carbonyl (C=O) groups excluding carboxylic acids is 1. The van der Waals surface area contributed by atoms with Crippen LogP contribution in [0.3, 0.4) is 0 Å². The standard InChI is InChI=1S/C23H27F3N4O2/c1-15(28-16(2)31)17-3-5-18(6-4-17)32-19-8-11-29(13-19)20-7-10-27-22(21(20)24)30-12-9-23(25,26)14-30/h3-7,10,15,19H,8-9,11-14H2,1-2H3,(H,28,31)/t15-,19+/m0/s1. The molecule has 9 heteroatoms. The van der Waals surface area contributed by atoms with Crippen molar-refractivity contribution in [3.8, 4) is 5.75 Å². The van der Waals surface area contributed by atoms with Gasteiger partial charge in [-0.3, -0.25) is 4.79 Å². The maximum atomic E-state index is 15.1. The van der Waals surface area contributed by atoms with E-state index in [2.05, 4.69) is 10.3 Å². The van der Waals surface area contributed by atoms with Gasteiger partial charge in [-0.1, -0.05) is 12.1 Å². The fourth-order valence-electron chi connectivity index (χ4n) is 4.26. The summed E-state index contributed by atoms with van der Waals surface area (Å²) in [5, 5.41) is 2.84. The Morgan fingerprint density at radius 3 is 2.62 bits per heavy atom. The van der Waals surface area contributed by atoms with Gasteiger partial charge in [0, 0.05) is 39.1 Å². The maximum Gasteiger partial charge on any atom is 0.266 e. The molecule has 3 heterocycles. The average molecular weight is 448 g/mol. The number of alkyl halides is 2. The molecular weight excluding hydrogens is 421 g/mol. The van der Waals surface area contributed by atoms with Crippen LogP contribution in [0.4, 0.5) is 24.7 Å². The van der Waals surface area contributed by atoms with E-state index in [4.69, 9.17) is 4.74 Å². The van der Waals surface area contributed by atoms with Crippen LogP contribution in [0.25, 0.3) is 0 Å². The van der Waals surface area contributed by atoms with Crippen molar-refractivity contribution in [1.82, 2.24) is 10.3 Å². The molecule has 1 aromatic heterocycles. The molecule has 0 spiro atoms. The highest BCUT2D eigenvalue weighted by atomic mass is 19.3. The number of nitrogens with one attached hydrogen (secondary N) is 1. The lowest BCUT2D eigenvalue weighted by Crippen LogP contribution is -2.28. The van der Waals surface area contributed by atoms with Crippen molar-refractivity contribution in [3.05, 3.63) is 47.9 Å². The van der Waals surface area contributed by atoms with Gasteiger partial charge in [-0.2, -0.15) is 0 Å². The topological polar surface area (TPSA) is 57.7 Å². The van der Waals surface area contributed by atoms with Crippen LogP contribution < -0.4 is 19.9 Å². The minimum atomic E-state index is -2.81. The van der Waals surface area contributed by atoms with E-state index in [-0.39, 0.29) is 36.8 Å². The minimum absolute atomic E-state index is 0.0204. The summed E-state index contributed by atoms with van der Waals surface area (Å²) in [6.45, 7) is 4.05. The summed E-state index contributed by atoms with van der Waals surface area (Å²) in [5.41, 5.74) is 1.33. The molecule has 0 aliphatic carbocycles. The van der Waals surface area contributed by atoms with Crippen molar-refractivity contribution < 1.29 is 22.7 Å². The van der Waals surface area contributed by atoms with Gasteiger partial charge in [0.05, 0.1) is 24.8 Å². The number of hydrogen-bond acceptors (Lipinski definition) is 5. The normalized spacial score (nSPS) is 21.0. The summed E-state index contributed by atoms with van der Waals surface area (Å²) in [7, 11) is 0. The van der Waals surface area contributed by atoms with E-state index in [0.717, 1.165) is 5.56 Å². The van der Waals surface area contributed by atoms with E-state index in [1.165, 1.54) is 18.0 Å². The number of rotatable bonds is 6. The third kappa shape index (κ3) is 4.92. The van der Waals surface area contributed by atoms with Gasteiger partial charge in [-0.05, 0) is 30.7 Å². The Bertz CT molecular complexity index is 970. The van der Waals surface area contributed by atoms with Crippen molar-refractivity contribution in [2.24, 2.45) is 0 Å². The van der Waals surface area contributed by atoms with E-state index in [9.17, 15) is 13.6 Å². The zero-order chi connectivity index (χ0) is 22.9. The average Bonchev–Trinajstić information content (AvgIpc) is 3.34. The van der Waals surface area contributed by atoms with Crippen LogP contribution in [0.5, 0.6) is 5.75 Å². The first-order valence-electron chi connectivity index (χ1n) is 10.8. The summed E-state index contributed by atoms with van der Waals surface area (Å²) in [5.74, 6) is -2.79. The Morgan fingerprint density at radius 1 is 1.22 bits per heavy atom. The second-order valence-electron chi connectivity index (χ2n) is 8.46. The molecule has 6 nitrogen and oxygen atoms in total. The number of carbonyl (C=O) groups is 1. The molecule has 172 valence electrons. The smallest absolute Gasteiger partial charge is 0.266 e. The molecule has 2 aromatic rings. The van der Waals surface area contributed by atoms with Crippen molar-refractivity contribution in [2.45, 2.75) is 44.8 Å². The van der Waals surface area contributed by atoms with Crippen LogP contribution in [0.2, 0.25) is 0 Å². The molecule has 0 radical (unpaired) electrons. The summed E-state index contributed by atoms with van der Waals surface area (Å²) < 4.78 is 48.3. The monoisotopic (exact) mass is 448 g/mol. The summed E-state index contributed by atoms with van der Waals surface area (Å²) >= 11 is 0. The first-order valence-corrected chi connectivity index (χ1v) is 10.8. The van der Waals surface area contributed by atoms with Crippen molar-refractivity contribution in [3.63, 3.8) is 0 Å². The van der Waals surface area contributed by atoms with E-state index in [0.29, 0.717) is 30.9 Å². The molecule has 0 saturated carbocycles. The molecule has 0 unspecified atom stereocenters. The minimum Gasteiger partial charge on any atom is -0.489 e. The molecule has 2 aliphatic heterocycles. The van der Waals surface area contributed by atoms with Crippen LogP contribution in [-0.4, -0.2) is 49.1 Å². The molecule has 32 heavy (non-hydrogen) atoms. The number of hydrogen-bond donors (Lipinski definition) is 1. The molecule has 2 aliphatic rings. The lowest BCUT2D eigenvalue weighted by atomic mass is 10.1. The Kier molecular flexibility index (Phi) is 6.17. The third-order valence-electron chi connectivity index (χ3n) is 5.91. The molecule has 1 N–H and O–H groups in total. The quantitative estimate of drug-likeness (QED) is 0.726. The van der Waals surface area contributed by atoms with E-state index < -0.39 is 18.3 Å². The fourth-order valence-corrected chi connectivity index (χ4v) is 4.26. The Labute approximate surface area is 185 Å². The first-order chi connectivity index (χ1) is 15.2.